The molecule has 0 bridgehead atoms. The zero-order chi connectivity index (χ0) is 25.7. The van der Waals surface area contributed by atoms with Gasteiger partial charge in [-0.15, -0.1) is 10.2 Å². The van der Waals surface area contributed by atoms with E-state index >= 15 is 0 Å². The van der Waals surface area contributed by atoms with Crippen LogP contribution >= 0.6 is 0 Å². The van der Waals surface area contributed by atoms with Gasteiger partial charge in [-0.2, -0.15) is 13.2 Å². The van der Waals surface area contributed by atoms with Gasteiger partial charge in [-0.25, -0.2) is 4.79 Å². The van der Waals surface area contributed by atoms with E-state index in [4.69, 9.17) is 9.47 Å². The van der Waals surface area contributed by atoms with E-state index < -0.39 is 23.4 Å². The molecule has 1 aliphatic rings. The molecule has 9 heteroatoms. The third kappa shape index (κ3) is 4.41. The molecule has 0 amide bonds. The van der Waals surface area contributed by atoms with Crippen LogP contribution in [-0.4, -0.2) is 28.9 Å². The minimum atomic E-state index is -4.58. The van der Waals surface area contributed by atoms with Crippen LogP contribution in [-0.2, 0) is 21.7 Å². The molecule has 0 unspecified atom stereocenters. The number of halogens is 3. The predicted octanol–water partition coefficient (Wildman–Crippen LogP) is 6.74. The molecule has 2 heterocycles. The van der Waals surface area contributed by atoms with Crippen LogP contribution in [0.1, 0.15) is 31.9 Å². The normalized spacial score (nSPS) is 14.8. The fourth-order valence-corrected chi connectivity index (χ4v) is 4.31. The number of ether oxygens (including phenoxy) is 2. The third-order valence-corrected chi connectivity index (χ3v) is 5.89. The fourth-order valence-electron chi connectivity index (χ4n) is 4.31. The Balaban J connectivity index is 1.49. The molecule has 5 rings (SSSR count). The van der Waals surface area contributed by atoms with Crippen molar-refractivity contribution in [3.8, 4) is 5.75 Å². The minimum absolute atomic E-state index is 0.00495. The predicted molar refractivity (Wildman–Crippen MR) is 129 cm³/mol. The molecule has 0 aliphatic carbocycles. The van der Waals surface area contributed by atoms with Gasteiger partial charge in [0.15, 0.2) is 6.61 Å². The van der Waals surface area contributed by atoms with Crippen LogP contribution in [0.25, 0.3) is 21.8 Å². The van der Waals surface area contributed by atoms with E-state index in [0.717, 1.165) is 21.8 Å². The lowest BCUT2D eigenvalue weighted by atomic mass is 10.0. The first-order valence-electron chi connectivity index (χ1n) is 11.4. The number of carbonyl (C=O) groups is 1. The number of fused-ring (bicyclic) bond motifs is 3. The SMILES string of the molecule is CC(C)(C)OC(=O)COc1ccc2c3ccccc3n(Cc3cccc(C4(C(F)(F)F)N=N4)c3)c2c1. The van der Waals surface area contributed by atoms with Crippen LogP contribution in [0, 0.1) is 0 Å². The highest BCUT2D eigenvalue weighted by Gasteiger charge is 2.65. The van der Waals surface area contributed by atoms with E-state index in [1.165, 1.54) is 12.1 Å². The molecule has 186 valence electrons. The Labute approximate surface area is 205 Å². The Morgan fingerprint density at radius 1 is 0.917 bits per heavy atom. The molecule has 1 aromatic heterocycles. The van der Waals surface area contributed by atoms with Gasteiger partial charge in [-0.05, 0) is 50.6 Å². The molecule has 4 aromatic rings. The van der Waals surface area contributed by atoms with Crippen molar-refractivity contribution in [2.24, 2.45) is 10.2 Å². The Kier molecular flexibility index (Phi) is 5.54. The second kappa shape index (κ2) is 8.36. The monoisotopic (exact) mass is 495 g/mol. The average Bonchev–Trinajstić information content (AvgIpc) is 3.58. The number of alkyl halides is 3. The number of aromatic nitrogens is 1. The van der Waals surface area contributed by atoms with Gasteiger partial charge in [0.1, 0.15) is 11.4 Å². The lowest BCUT2D eigenvalue weighted by Gasteiger charge is -2.19. The summed E-state index contributed by atoms with van der Waals surface area (Å²) >= 11 is 0. The maximum atomic E-state index is 13.5. The first-order valence-corrected chi connectivity index (χ1v) is 11.4. The van der Waals surface area contributed by atoms with Crippen LogP contribution in [0.4, 0.5) is 13.2 Å². The van der Waals surface area contributed by atoms with Crippen LogP contribution in [0.15, 0.2) is 77.0 Å². The molecule has 0 fully saturated rings. The average molecular weight is 496 g/mol. The van der Waals surface area contributed by atoms with Gasteiger partial charge in [0.25, 0.3) is 0 Å². The van der Waals surface area contributed by atoms with Gasteiger partial charge in [0.2, 0.25) is 0 Å². The summed E-state index contributed by atoms with van der Waals surface area (Å²) in [6.45, 7) is 5.43. The summed E-state index contributed by atoms with van der Waals surface area (Å²) in [6.07, 6.45) is -4.58. The molecule has 0 radical (unpaired) electrons. The molecule has 0 N–H and O–H groups in total. The highest BCUT2D eigenvalue weighted by molar-refractivity contribution is 6.08. The summed E-state index contributed by atoms with van der Waals surface area (Å²) in [5.74, 6) is 0.00669. The largest absolute Gasteiger partial charge is 0.482 e. The van der Waals surface area contributed by atoms with Gasteiger partial charge >= 0.3 is 17.8 Å². The zero-order valence-electron chi connectivity index (χ0n) is 20.0. The Morgan fingerprint density at radius 3 is 2.33 bits per heavy atom. The molecule has 0 atom stereocenters. The topological polar surface area (TPSA) is 65.2 Å². The fraction of sp³-hybridized carbons (Fsp3) is 0.296. The number of hydrogen-bond acceptors (Lipinski definition) is 5. The number of rotatable bonds is 6. The molecule has 0 saturated heterocycles. The quantitative estimate of drug-likeness (QED) is 0.278. The van der Waals surface area contributed by atoms with Crippen molar-refractivity contribution in [1.82, 2.24) is 4.57 Å². The Hall–Kier alpha value is -3.88. The van der Waals surface area contributed by atoms with Gasteiger partial charge in [0, 0.05) is 34.5 Å². The van der Waals surface area contributed by atoms with Crippen molar-refractivity contribution in [3.05, 3.63) is 77.9 Å². The van der Waals surface area contributed by atoms with Crippen molar-refractivity contribution in [1.29, 1.82) is 0 Å². The maximum Gasteiger partial charge on any atom is 0.442 e. The van der Waals surface area contributed by atoms with Crippen LogP contribution < -0.4 is 4.74 Å². The van der Waals surface area contributed by atoms with Crippen molar-refractivity contribution in [2.45, 2.75) is 44.8 Å². The number of para-hydroxylation sites is 1. The highest BCUT2D eigenvalue weighted by Crippen LogP contribution is 2.52. The first kappa shape index (κ1) is 23.8. The van der Waals surface area contributed by atoms with Crippen molar-refractivity contribution >= 4 is 27.8 Å². The minimum Gasteiger partial charge on any atom is -0.482 e. The van der Waals surface area contributed by atoms with E-state index in [9.17, 15) is 18.0 Å². The first-order chi connectivity index (χ1) is 17.0. The summed E-state index contributed by atoms with van der Waals surface area (Å²) in [6, 6.07) is 19.6. The van der Waals surface area contributed by atoms with Crippen LogP contribution in [0.2, 0.25) is 0 Å². The van der Waals surface area contributed by atoms with Gasteiger partial charge in [-0.3, -0.25) is 0 Å². The van der Waals surface area contributed by atoms with Gasteiger partial charge in [-0.1, -0.05) is 36.4 Å². The van der Waals surface area contributed by atoms with Gasteiger partial charge < -0.3 is 14.0 Å². The summed E-state index contributed by atoms with van der Waals surface area (Å²) in [5, 5.41) is 8.61. The molecular formula is C27H24F3N3O3. The third-order valence-electron chi connectivity index (χ3n) is 5.89. The van der Waals surface area contributed by atoms with Crippen LogP contribution in [0.3, 0.4) is 0 Å². The van der Waals surface area contributed by atoms with Gasteiger partial charge in [0.05, 0.1) is 5.52 Å². The standard InChI is InChI=1S/C27H24F3N3O3/c1-25(2,3)36-24(34)16-35-19-11-12-21-20-9-4-5-10-22(20)33(23(21)14-19)15-17-7-6-8-18(13-17)26(31-32-26)27(28,29)30/h4-14H,15-16H2,1-3H3. The second-order valence-corrected chi connectivity index (χ2v) is 9.73. The molecule has 1 aliphatic heterocycles. The second-order valence-electron chi connectivity index (χ2n) is 9.73. The molecule has 36 heavy (non-hydrogen) atoms. The number of hydrogen-bond donors (Lipinski definition) is 0. The zero-order valence-corrected chi connectivity index (χ0v) is 20.0. The number of nitrogens with zero attached hydrogens (tertiary/aromatic N) is 3. The van der Waals surface area contributed by atoms with E-state index in [-0.39, 0.29) is 12.2 Å². The molecule has 0 saturated carbocycles. The highest BCUT2D eigenvalue weighted by atomic mass is 19.4. The summed E-state index contributed by atoms with van der Waals surface area (Å²) < 4.78 is 53.6. The smallest absolute Gasteiger partial charge is 0.442 e. The molecular weight excluding hydrogens is 471 g/mol. The van der Waals surface area contributed by atoms with Crippen molar-refractivity contribution in [3.63, 3.8) is 0 Å². The van der Waals surface area contributed by atoms with E-state index in [1.54, 1.807) is 39.0 Å². The van der Waals surface area contributed by atoms with Crippen molar-refractivity contribution < 1.29 is 27.4 Å². The Bertz CT molecular complexity index is 1490. The number of esters is 1. The van der Waals surface area contributed by atoms with E-state index in [0.29, 0.717) is 17.9 Å². The molecule has 6 nitrogen and oxygen atoms in total. The van der Waals surface area contributed by atoms with E-state index in [1.807, 2.05) is 41.0 Å². The summed E-state index contributed by atoms with van der Waals surface area (Å²) in [4.78, 5) is 12.1. The number of benzene rings is 3. The summed E-state index contributed by atoms with van der Waals surface area (Å²) in [7, 11) is 0. The summed E-state index contributed by atoms with van der Waals surface area (Å²) in [5.41, 5.74) is -0.655. The van der Waals surface area contributed by atoms with Crippen LogP contribution in [0.5, 0.6) is 5.75 Å². The lowest BCUT2D eigenvalue weighted by molar-refractivity contribution is -0.166. The van der Waals surface area contributed by atoms with Crippen molar-refractivity contribution in [2.75, 3.05) is 6.61 Å². The molecule has 0 spiro atoms. The Morgan fingerprint density at radius 2 is 1.64 bits per heavy atom. The maximum absolute atomic E-state index is 13.5. The number of carbonyl (C=O) groups excluding carboxylic acids is 1. The lowest BCUT2D eigenvalue weighted by Crippen LogP contribution is -2.30. The molecule has 3 aromatic carbocycles. The van der Waals surface area contributed by atoms with E-state index in [2.05, 4.69) is 10.2 Å².